The van der Waals surface area contributed by atoms with Crippen molar-refractivity contribution in [2.45, 2.75) is 58.9 Å². The first kappa shape index (κ1) is 25.1. The highest BCUT2D eigenvalue weighted by Crippen LogP contribution is 2.26. The van der Waals surface area contributed by atoms with Crippen molar-refractivity contribution in [3.8, 4) is 0 Å². The molecule has 0 aliphatic carbocycles. The van der Waals surface area contributed by atoms with Gasteiger partial charge in [-0.3, -0.25) is 14.6 Å². The van der Waals surface area contributed by atoms with Crippen molar-refractivity contribution in [1.29, 1.82) is 0 Å². The normalized spacial score (nSPS) is 15.7. The topological polar surface area (TPSA) is 134 Å². The van der Waals surface area contributed by atoms with E-state index in [0.29, 0.717) is 38.8 Å². The van der Waals surface area contributed by atoms with E-state index in [9.17, 15) is 14.4 Å². The van der Waals surface area contributed by atoms with Gasteiger partial charge in [0.05, 0.1) is 6.61 Å². The summed E-state index contributed by atoms with van der Waals surface area (Å²) in [4.78, 5) is 51.3. The number of carboxylic acid groups (broad SMARTS) is 2. The summed E-state index contributed by atoms with van der Waals surface area (Å²) in [6.07, 6.45) is 4.98. The average molecular weight is 422 g/mol. The van der Waals surface area contributed by atoms with Crippen molar-refractivity contribution in [2.24, 2.45) is 5.41 Å². The van der Waals surface area contributed by atoms with Gasteiger partial charge in [-0.2, -0.15) is 0 Å². The van der Waals surface area contributed by atoms with Crippen LogP contribution in [0.15, 0.2) is 24.5 Å². The number of likely N-dealkylation sites (tertiary alicyclic amines) is 1. The maximum Gasteiger partial charge on any atom is 0.503 e. The molecule has 1 aliphatic heterocycles. The lowest BCUT2D eigenvalue weighted by molar-refractivity contribution is -0.157. The Kier molecular flexibility index (Phi) is 9.94. The predicted octanol–water partition coefficient (Wildman–Crippen LogP) is 2.78. The first-order valence-electron chi connectivity index (χ1n) is 9.93. The molecule has 166 valence electrons. The molecule has 0 bridgehead atoms. The summed E-state index contributed by atoms with van der Waals surface area (Å²) in [6, 6.07) is 3.21. The second-order valence-electron chi connectivity index (χ2n) is 7.64. The number of aromatic nitrogens is 1. The number of hydrogen-bond donors (Lipinski definition) is 2. The number of rotatable bonds is 8. The Morgan fingerprint density at radius 3 is 2.50 bits per heavy atom. The van der Waals surface area contributed by atoms with Gasteiger partial charge in [0.15, 0.2) is 0 Å². The number of amides is 1. The molecule has 1 amide bonds. The van der Waals surface area contributed by atoms with Crippen molar-refractivity contribution in [1.82, 2.24) is 9.88 Å². The van der Waals surface area contributed by atoms with Gasteiger partial charge in [0.1, 0.15) is 6.04 Å². The minimum atomic E-state index is -1.83. The van der Waals surface area contributed by atoms with E-state index in [2.05, 4.69) is 4.98 Å². The van der Waals surface area contributed by atoms with Crippen LogP contribution in [0.25, 0.3) is 0 Å². The Labute approximate surface area is 176 Å². The first-order valence-corrected chi connectivity index (χ1v) is 9.93. The van der Waals surface area contributed by atoms with E-state index in [1.807, 2.05) is 19.1 Å². The Hall–Kier alpha value is -2.97. The SMILES string of the molecule is CCC(C)(C)C(=O)C(=O)N1CCCC1C(=O)OCCCc1cccnc1.O=C(O)O. The molecule has 0 spiro atoms. The monoisotopic (exact) mass is 422 g/mol. The van der Waals surface area contributed by atoms with Crippen LogP contribution >= 0.6 is 0 Å². The minimum Gasteiger partial charge on any atom is -0.464 e. The fourth-order valence-electron chi connectivity index (χ4n) is 2.93. The van der Waals surface area contributed by atoms with Crippen LogP contribution < -0.4 is 0 Å². The fraction of sp³-hybridized carbons (Fsp3) is 0.571. The van der Waals surface area contributed by atoms with Crippen LogP contribution in [-0.2, 0) is 25.5 Å². The summed E-state index contributed by atoms with van der Waals surface area (Å²) in [5, 5.41) is 13.9. The van der Waals surface area contributed by atoms with Gasteiger partial charge in [-0.1, -0.05) is 26.8 Å². The lowest BCUT2D eigenvalue weighted by Crippen LogP contribution is -2.48. The van der Waals surface area contributed by atoms with Crippen molar-refractivity contribution in [2.75, 3.05) is 13.2 Å². The van der Waals surface area contributed by atoms with Crippen LogP contribution in [0.2, 0.25) is 0 Å². The Morgan fingerprint density at radius 2 is 1.93 bits per heavy atom. The van der Waals surface area contributed by atoms with E-state index in [1.54, 1.807) is 26.2 Å². The summed E-state index contributed by atoms with van der Waals surface area (Å²) >= 11 is 0. The van der Waals surface area contributed by atoms with Crippen molar-refractivity contribution >= 4 is 23.8 Å². The number of ketones is 1. The van der Waals surface area contributed by atoms with Gasteiger partial charge in [-0.05, 0) is 43.7 Å². The van der Waals surface area contributed by atoms with Crippen LogP contribution in [0.4, 0.5) is 4.79 Å². The molecule has 1 saturated heterocycles. The maximum atomic E-state index is 12.5. The third-order valence-electron chi connectivity index (χ3n) is 5.06. The number of nitrogens with zero attached hydrogens (tertiary/aromatic N) is 2. The van der Waals surface area contributed by atoms with E-state index >= 15 is 0 Å². The average Bonchev–Trinajstić information content (AvgIpc) is 3.20. The molecule has 2 rings (SSSR count). The highest BCUT2D eigenvalue weighted by molar-refractivity contribution is 6.38. The second kappa shape index (κ2) is 11.9. The summed E-state index contributed by atoms with van der Waals surface area (Å²) in [5.74, 6) is -1.41. The van der Waals surface area contributed by atoms with Gasteiger partial charge in [-0.25, -0.2) is 9.59 Å². The lowest BCUT2D eigenvalue weighted by Gasteiger charge is -2.27. The van der Waals surface area contributed by atoms with Crippen LogP contribution in [0, 0.1) is 5.41 Å². The first-order chi connectivity index (χ1) is 14.1. The molecule has 1 aliphatic rings. The molecular weight excluding hydrogens is 392 g/mol. The summed E-state index contributed by atoms with van der Waals surface area (Å²) in [5.41, 5.74) is 0.381. The number of pyridine rings is 1. The molecule has 0 aromatic carbocycles. The van der Waals surface area contributed by atoms with Crippen LogP contribution in [0.5, 0.6) is 0 Å². The smallest absolute Gasteiger partial charge is 0.464 e. The van der Waals surface area contributed by atoms with E-state index in [-0.39, 0.29) is 0 Å². The van der Waals surface area contributed by atoms with Crippen molar-refractivity contribution in [3.63, 3.8) is 0 Å². The maximum absolute atomic E-state index is 12.5. The minimum absolute atomic E-state index is 0.292. The quantitative estimate of drug-likeness (QED) is 0.371. The van der Waals surface area contributed by atoms with Crippen LogP contribution in [0.3, 0.4) is 0 Å². The molecule has 1 unspecified atom stereocenters. The number of esters is 1. The van der Waals surface area contributed by atoms with Crippen molar-refractivity contribution < 1.29 is 34.1 Å². The number of hydrogen-bond acceptors (Lipinski definition) is 6. The third-order valence-corrected chi connectivity index (χ3v) is 5.06. The number of carbonyl (C=O) groups is 4. The predicted molar refractivity (Wildman–Crippen MR) is 108 cm³/mol. The third kappa shape index (κ3) is 7.81. The summed E-state index contributed by atoms with van der Waals surface area (Å²) < 4.78 is 5.36. The number of aryl methyl sites for hydroxylation is 1. The Balaban J connectivity index is 0.00000103. The van der Waals surface area contributed by atoms with Gasteiger partial charge < -0.3 is 19.8 Å². The fourth-order valence-corrected chi connectivity index (χ4v) is 2.93. The molecule has 30 heavy (non-hydrogen) atoms. The molecular formula is C21H30N2O7. The molecule has 0 saturated carbocycles. The van der Waals surface area contributed by atoms with Gasteiger partial charge in [0.25, 0.3) is 5.91 Å². The molecule has 9 heteroatoms. The zero-order chi connectivity index (χ0) is 22.7. The summed E-state index contributed by atoms with van der Waals surface area (Å²) in [6.45, 7) is 6.12. The molecule has 1 atom stereocenters. The van der Waals surface area contributed by atoms with E-state index < -0.39 is 35.3 Å². The molecule has 1 aromatic heterocycles. The Bertz CT molecular complexity index is 730. The highest BCUT2D eigenvalue weighted by Gasteiger charge is 2.41. The summed E-state index contributed by atoms with van der Waals surface area (Å²) in [7, 11) is 0. The lowest BCUT2D eigenvalue weighted by atomic mass is 9.84. The van der Waals surface area contributed by atoms with Gasteiger partial charge in [-0.15, -0.1) is 0 Å². The molecule has 9 nitrogen and oxygen atoms in total. The zero-order valence-corrected chi connectivity index (χ0v) is 17.7. The van der Waals surface area contributed by atoms with Crippen molar-refractivity contribution in [3.05, 3.63) is 30.1 Å². The van der Waals surface area contributed by atoms with E-state index in [4.69, 9.17) is 19.7 Å². The zero-order valence-electron chi connectivity index (χ0n) is 17.7. The molecule has 0 radical (unpaired) electrons. The highest BCUT2D eigenvalue weighted by atomic mass is 16.6. The van der Waals surface area contributed by atoms with Gasteiger partial charge in [0.2, 0.25) is 5.78 Å². The molecule has 2 heterocycles. The van der Waals surface area contributed by atoms with E-state index in [1.165, 1.54) is 4.90 Å². The molecule has 1 aromatic rings. The number of Topliss-reactive ketones (excluding diaryl/α,β-unsaturated/α-hetero) is 1. The molecule has 1 fully saturated rings. The molecule has 2 N–H and O–H groups in total. The van der Waals surface area contributed by atoms with E-state index in [0.717, 1.165) is 12.0 Å². The second-order valence-corrected chi connectivity index (χ2v) is 7.64. The number of ether oxygens (including phenoxy) is 1. The standard InChI is InChI=1S/C20H28N2O4.CH2O3/c1-4-20(2,3)17(23)18(24)22-12-6-10-16(22)19(25)26-13-7-9-15-8-5-11-21-14-15;2-1(3)4/h5,8,11,14,16H,4,6-7,9-10,12-13H2,1-3H3;(H2,2,3,4). The largest absolute Gasteiger partial charge is 0.503 e. The van der Waals surface area contributed by atoms with Crippen LogP contribution in [0.1, 0.15) is 52.0 Å². The number of carbonyl (C=O) groups excluding carboxylic acids is 3. The Morgan fingerprint density at radius 1 is 1.27 bits per heavy atom. The van der Waals surface area contributed by atoms with Crippen LogP contribution in [-0.4, -0.2) is 63.1 Å². The van der Waals surface area contributed by atoms with Gasteiger partial charge >= 0.3 is 12.1 Å². The van der Waals surface area contributed by atoms with Gasteiger partial charge in [0, 0.05) is 24.4 Å².